The monoisotopic (exact) mass is 441 g/mol. The molecular weight excluding hydrogens is 417 g/mol. The molecule has 0 spiro atoms. The molecule has 1 unspecified atom stereocenters. The number of anilines is 2. The van der Waals surface area contributed by atoms with E-state index in [0.717, 1.165) is 6.26 Å². The standard InChI is InChI=1S/C19H24FN3O6S/c1-21-17(11-24)13-5-7-22(8-6-13)18-4-3-14(9-16(18)20)23-10-15(29-19(23)25)12-28-30(2,26)27/h3-4,9,13,15,17,24H,5-8,10-12H2,2H3/t15-,17?/m1/s1. The molecule has 9 nitrogen and oxygen atoms in total. The Hall–Kier alpha value is -2.42. The van der Waals surface area contributed by atoms with Crippen LogP contribution >= 0.6 is 0 Å². The van der Waals surface area contributed by atoms with E-state index in [1.54, 1.807) is 12.1 Å². The topological polar surface area (TPSA) is 101 Å². The normalized spacial score (nSPS) is 21.4. The maximum absolute atomic E-state index is 14.8. The van der Waals surface area contributed by atoms with Gasteiger partial charge in [0.2, 0.25) is 6.04 Å². The number of piperidine rings is 1. The minimum atomic E-state index is -3.65. The smallest absolute Gasteiger partial charge is 0.414 e. The summed E-state index contributed by atoms with van der Waals surface area (Å²) in [6.07, 6.45) is 0.824. The molecule has 164 valence electrons. The highest BCUT2D eigenvalue weighted by Gasteiger charge is 2.34. The van der Waals surface area contributed by atoms with Crippen molar-refractivity contribution in [2.75, 3.05) is 48.9 Å². The lowest BCUT2D eigenvalue weighted by atomic mass is 9.90. The summed E-state index contributed by atoms with van der Waals surface area (Å²) in [7, 11) is -3.65. The van der Waals surface area contributed by atoms with Gasteiger partial charge in [-0.05, 0) is 31.0 Å². The summed E-state index contributed by atoms with van der Waals surface area (Å²) in [5.74, 6) is -0.394. The largest absolute Gasteiger partial charge is 0.441 e. The van der Waals surface area contributed by atoms with Gasteiger partial charge in [-0.2, -0.15) is 8.42 Å². The van der Waals surface area contributed by atoms with Crippen LogP contribution in [0.2, 0.25) is 0 Å². The van der Waals surface area contributed by atoms with Gasteiger partial charge in [-0.25, -0.2) is 15.8 Å². The Labute approximate surface area is 174 Å². The Balaban J connectivity index is 1.63. The fourth-order valence-corrected chi connectivity index (χ4v) is 4.16. The highest BCUT2D eigenvalue weighted by atomic mass is 32.2. The zero-order valence-electron chi connectivity index (χ0n) is 16.5. The van der Waals surface area contributed by atoms with Crippen molar-refractivity contribution in [2.24, 2.45) is 5.92 Å². The number of hydrogen-bond acceptors (Lipinski definition) is 7. The van der Waals surface area contributed by atoms with Gasteiger partial charge in [0.15, 0.2) is 0 Å². The third-order valence-electron chi connectivity index (χ3n) is 5.36. The van der Waals surface area contributed by atoms with Gasteiger partial charge in [0.1, 0.15) is 25.1 Å². The number of benzene rings is 1. The Morgan fingerprint density at radius 2 is 2.10 bits per heavy atom. The maximum Gasteiger partial charge on any atom is 0.414 e. The van der Waals surface area contributed by atoms with Crippen molar-refractivity contribution in [1.29, 1.82) is 0 Å². The minimum absolute atomic E-state index is 0.0533. The second-order valence-corrected chi connectivity index (χ2v) is 9.09. The highest BCUT2D eigenvalue weighted by molar-refractivity contribution is 7.85. The molecule has 2 saturated heterocycles. The molecule has 0 aromatic heterocycles. The van der Waals surface area contributed by atoms with Gasteiger partial charge in [-0.15, -0.1) is 0 Å². The number of ether oxygens (including phenoxy) is 1. The number of aliphatic hydroxyl groups excluding tert-OH is 1. The first kappa shape index (κ1) is 22.3. The Bertz CT molecular complexity index is 927. The molecule has 2 heterocycles. The van der Waals surface area contributed by atoms with Crippen LogP contribution in [0.3, 0.4) is 0 Å². The molecule has 1 N–H and O–H groups in total. The van der Waals surface area contributed by atoms with Gasteiger partial charge < -0.3 is 19.6 Å². The van der Waals surface area contributed by atoms with E-state index in [1.807, 2.05) is 4.90 Å². The number of carbonyl (C=O) groups excluding carboxylic acids is 1. The van der Waals surface area contributed by atoms with Crippen LogP contribution in [-0.2, 0) is 19.0 Å². The number of halogens is 1. The van der Waals surface area contributed by atoms with Crippen LogP contribution in [0.1, 0.15) is 12.8 Å². The summed E-state index contributed by atoms with van der Waals surface area (Å²) in [5, 5.41) is 9.29. The SMILES string of the molecule is [C-]#[N+]C(CO)C1CCN(c2ccc(N3C[C@H](COS(C)(=O)=O)OC3=O)cc2F)CC1. The van der Waals surface area contributed by atoms with E-state index in [0.29, 0.717) is 37.3 Å². The number of carbonyl (C=O) groups is 1. The van der Waals surface area contributed by atoms with E-state index in [4.69, 9.17) is 11.3 Å². The summed E-state index contributed by atoms with van der Waals surface area (Å²) in [6.45, 7) is 7.89. The van der Waals surface area contributed by atoms with Crippen LogP contribution in [0.5, 0.6) is 0 Å². The van der Waals surface area contributed by atoms with Gasteiger partial charge in [0.25, 0.3) is 10.1 Å². The molecule has 2 aliphatic rings. The Morgan fingerprint density at radius 3 is 2.67 bits per heavy atom. The molecule has 30 heavy (non-hydrogen) atoms. The molecule has 1 aromatic rings. The van der Waals surface area contributed by atoms with E-state index in [-0.39, 0.29) is 25.7 Å². The van der Waals surface area contributed by atoms with E-state index in [9.17, 15) is 22.7 Å². The zero-order valence-corrected chi connectivity index (χ0v) is 17.3. The number of nitrogens with zero attached hydrogens (tertiary/aromatic N) is 3. The van der Waals surface area contributed by atoms with Gasteiger partial charge in [0, 0.05) is 19.0 Å². The molecule has 0 aliphatic carbocycles. The van der Waals surface area contributed by atoms with Gasteiger partial charge in [0.05, 0.1) is 24.2 Å². The number of hydrogen-bond donors (Lipinski definition) is 1. The second-order valence-electron chi connectivity index (χ2n) is 7.44. The van der Waals surface area contributed by atoms with Crippen molar-refractivity contribution in [3.8, 4) is 0 Å². The molecule has 11 heteroatoms. The fourth-order valence-electron chi connectivity index (χ4n) is 3.76. The second kappa shape index (κ2) is 9.16. The Kier molecular flexibility index (Phi) is 6.80. The molecule has 0 bridgehead atoms. The molecular formula is C19H24FN3O6S. The minimum Gasteiger partial charge on any atom is -0.441 e. The summed E-state index contributed by atoms with van der Waals surface area (Å²) in [5.41, 5.74) is 0.719. The predicted molar refractivity (Wildman–Crippen MR) is 107 cm³/mol. The molecule has 1 amide bonds. The number of rotatable bonds is 7. The molecule has 0 radical (unpaired) electrons. The number of amides is 1. The lowest BCUT2D eigenvalue weighted by Gasteiger charge is -2.33. The molecule has 1 aromatic carbocycles. The van der Waals surface area contributed by atoms with E-state index < -0.39 is 34.2 Å². The maximum atomic E-state index is 14.8. The molecule has 0 saturated carbocycles. The van der Waals surface area contributed by atoms with E-state index in [2.05, 4.69) is 9.03 Å². The van der Waals surface area contributed by atoms with Crippen molar-refractivity contribution < 1.29 is 31.6 Å². The quantitative estimate of drug-likeness (QED) is 0.507. The first-order valence-corrected chi connectivity index (χ1v) is 11.4. The van der Waals surface area contributed by atoms with Crippen LogP contribution in [0.15, 0.2) is 18.2 Å². The molecule has 2 aliphatic heterocycles. The summed E-state index contributed by atoms with van der Waals surface area (Å²) < 4.78 is 46.7. The lowest BCUT2D eigenvalue weighted by Crippen LogP contribution is -2.38. The Morgan fingerprint density at radius 1 is 1.40 bits per heavy atom. The first-order valence-electron chi connectivity index (χ1n) is 9.56. The van der Waals surface area contributed by atoms with Gasteiger partial charge in [-0.3, -0.25) is 9.08 Å². The van der Waals surface area contributed by atoms with Crippen LogP contribution in [0, 0.1) is 18.3 Å². The van der Waals surface area contributed by atoms with Gasteiger partial charge in [-0.1, -0.05) is 0 Å². The van der Waals surface area contributed by atoms with Crippen LogP contribution < -0.4 is 9.80 Å². The van der Waals surface area contributed by atoms with Gasteiger partial charge >= 0.3 is 6.09 Å². The molecule has 3 rings (SSSR count). The van der Waals surface area contributed by atoms with Crippen LogP contribution in [-0.4, -0.2) is 70.9 Å². The van der Waals surface area contributed by atoms with Crippen molar-refractivity contribution in [3.63, 3.8) is 0 Å². The van der Waals surface area contributed by atoms with Crippen LogP contribution in [0.25, 0.3) is 4.85 Å². The third-order valence-corrected chi connectivity index (χ3v) is 5.93. The molecule has 2 atom stereocenters. The van der Waals surface area contributed by atoms with E-state index >= 15 is 0 Å². The van der Waals surface area contributed by atoms with Crippen molar-refractivity contribution in [3.05, 3.63) is 35.4 Å². The fraction of sp³-hybridized carbons (Fsp3) is 0.579. The lowest BCUT2D eigenvalue weighted by molar-refractivity contribution is 0.107. The predicted octanol–water partition coefficient (Wildman–Crippen LogP) is 1.62. The third kappa shape index (κ3) is 5.19. The van der Waals surface area contributed by atoms with Crippen molar-refractivity contribution >= 4 is 27.6 Å². The molecule has 2 fully saturated rings. The number of aliphatic hydroxyl groups is 1. The average Bonchev–Trinajstić information content (AvgIpc) is 3.08. The summed E-state index contributed by atoms with van der Waals surface area (Å²) in [4.78, 5) is 18.7. The van der Waals surface area contributed by atoms with E-state index in [1.165, 1.54) is 11.0 Å². The number of cyclic esters (lactones) is 1. The zero-order chi connectivity index (χ0) is 21.9. The first-order chi connectivity index (χ1) is 14.2. The van der Waals surface area contributed by atoms with Crippen molar-refractivity contribution in [1.82, 2.24) is 0 Å². The van der Waals surface area contributed by atoms with Crippen molar-refractivity contribution in [2.45, 2.75) is 25.0 Å². The average molecular weight is 441 g/mol. The van der Waals surface area contributed by atoms with Crippen LogP contribution in [0.4, 0.5) is 20.6 Å². The summed E-state index contributed by atoms with van der Waals surface area (Å²) >= 11 is 0. The summed E-state index contributed by atoms with van der Waals surface area (Å²) in [6, 6.07) is 4.04. The highest BCUT2D eigenvalue weighted by Crippen LogP contribution is 2.31.